The van der Waals surface area contributed by atoms with Crippen LogP contribution in [0, 0.1) is 13.8 Å². The zero-order chi connectivity index (χ0) is 14.6. The Labute approximate surface area is 113 Å². The van der Waals surface area contributed by atoms with Crippen LogP contribution in [-0.4, -0.2) is 41.5 Å². The van der Waals surface area contributed by atoms with Crippen LogP contribution < -0.4 is 5.73 Å². The SMILES string of the molecule is Cc1ccc(CCN(C)C(=O)C(N)C(=O)O)cc1C. The van der Waals surface area contributed by atoms with E-state index < -0.39 is 17.9 Å². The number of amides is 1. The van der Waals surface area contributed by atoms with Crippen molar-refractivity contribution < 1.29 is 14.7 Å². The minimum atomic E-state index is -1.48. The van der Waals surface area contributed by atoms with Gasteiger partial charge in [0.15, 0.2) is 6.04 Å². The molecule has 0 aliphatic carbocycles. The van der Waals surface area contributed by atoms with Crippen molar-refractivity contribution >= 4 is 11.9 Å². The number of rotatable bonds is 5. The molecule has 0 spiro atoms. The highest BCUT2D eigenvalue weighted by Crippen LogP contribution is 2.10. The van der Waals surface area contributed by atoms with Crippen LogP contribution in [0.2, 0.25) is 0 Å². The first-order valence-corrected chi connectivity index (χ1v) is 6.12. The minimum absolute atomic E-state index is 0.447. The van der Waals surface area contributed by atoms with Gasteiger partial charge >= 0.3 is 5.97 Å². The number of nitrogens with two attached hydrogens (primary N) is 1. The molecule has 1 atom stereocenters. The molecular formula is C14H20N2O3. The number of carbonyl (C=O) groups excluding carboxylic acids is 1. The first-order chi connectivity index (χ1) is 8.82. The Hall–Kier alpha value is -1.88. The van der Waals surface area contributed by atoms with Crippen molar-refractivity contribution in [3.05, 3.63) is 34.9 Å². The Morgan fingerprint density at radius 2 is 1.95 bits per heavy atom. The van der Waals surface area contributed by atoms with E-state index in [1.807, 2.05) is 26.0 Å². The molecule has 1 aromatic rings. The average molecular weight is 264 g/mol. The first kappa shape index (κ1) is 15.2. The number of carboxylic acids is 1. The van der Waals surface area contributed by atoms with Crippen LogP contribution in [0.25, 0.3) is 0 Å². The number of hydrogen-bond acceptors (Lipinski definition) is 3. The molecule has 5 nitrogen and oxygen atoms in total. The molecule has 1 rings (SSSR count). The number of carbonyl (C=O) groups is 2. The fourth-order valence-electron chi connectivity index (χ4n) is 1.71. The molecule has 0 aromatic heterocycles. The fourth-order valence-corrected chi connectivity index (χ4v) is 1.71. The van der Waals surface area contributed by atoms with Crippen LogP contribution in [0.5, 0.6) is 0 Å². The topological polar surface area (TPSA) is 83.6 Å². The van der Waals surface area contributed by atoms with E-state index in [0.717, 1.165) is 5.56 Å². The summed E-state index contributed by atoms with van der Waals surface area (Å²) < 4.78 is 0. The van der Waals surface area contributed by atoms with Gasteiger partial charge in [-0.15, -0.1) is 0 Å². The third kappa shape index (κ3) is 4.06. The zero-order valence-electron chi connectivity index (χ0n) is 11.5. The normalized spacial score (nSPS) is 12.0. The van der Waals surface area contributed by atoms with Gasteiger partial charge in [-0.25, -0.2) is 4.79 Å². The van der Waals surface area contributed by atoms with Crippen molar-refractivity contribution in [1.29, 1.82) is 0 Å². The maximum absolute atomic E-state index is 11.6. The molecule has 3 N–H and O–H groups in total. The molecule has 0 heterocycles. The smallest absolute Gasteiger partial charge is 0.330 e. The Morgan fingerprint density at radius 1 is 1.32 bits per heavy atom. The largest absolute Gasteiger partial charge is 0.480 e. The van der Waals surface area contributed by atoms with Crippen LogP contribution in [0.1, 0.15) is 16.7 Å². The molecule has 1 aromatic carbocycles. The summed E-state index contributed by atoms with van der Waals surface area (Å²) in [5.74, 6) is -1.88. The molecule has 104 valence electrons. The van der Waals surface area contributed by atoms with Gasteiger partial charge in [0.2, 0.25) is 0 Å². The van der Waals surface area contributed by atoms with Crippen LogP contribution in [-0.2, 0) is 16.0 Å². The highest BCUT2D eigenvalue weighted by atomic mass is 16.4. The predicted molar refractivity (Wildman–Crippen MR) is 72.9 cm³/mol. The van der Waals surface area contributed by atoms with Crippen LogP contribution in [0.4, 0.5) is 0 Å². The number of aliphatic carboxylic acids is 1. The maximum Gasteiger partial charge on any atom is 0.330 e. The van der Waals surface area contributed by atoms with Crippen molar-refractivity contribution in [1.82, 2.24) is 4.90 Å². The second-order valence-electron chi connectivity index (χ2n) is 4.74. The highest BCUT2D eigenvalue weighted by Gasteiger charge is 2.24. The van der Waals surface area contributed by atoms with Crippen molar-refractivity contribution in [2.75, 3.05) is 13.6 Å². The molecule has 19 heavy (non-hydrogen) atoms. The van der Waals surface area contributed by atoms with Gasteiger partial charge in [-0.2, -0.15) is 0 Å². The quantitative estimate of drug-likeness (QED) is 0.767. The summed E-state index contributed by atoms with van der Waals surface area (Å²) in [6.07, 6.45) is 0.676. The van der Waals surface area contributed by atoms with Crippen molar-refractivity contribution in [2.24, 2.45) is 5.73 Å². The summed E-state index contributed by atoms with van der Waals surface area (Å²) in [6.45, 7) is 4.52. The molecule has 1 amide bonds. The molecule has 0 radical (unpaired) electrons. The minimum Gasteiger partial charge on any atom is -0.480 e. The molecule has 0 fully saturated rings. The van der Waals surface area contributed by atoms with E-state index in [9.17, 15) is 9.59 Å². The summed E-state index contributed by atoms with van der Waals surface area (Å²) in [5, 5.41) is 8.68. The Kier molecular flexibility index (Phi) is 5.06. The number of carboxylic acid groups (broad SMARTS) is 1. The van der Waals surface area contributed by atoms with Gasteiger partial charge in [0.1, 0.15) is 0 Å². The molecule has 0 saturated heterocycles. The predicted octanol–water partition coefficient (Wildman–Crippen LogP) is 0.716. The second-order valence-corrected chi connectivity index (χ2v) is 4.74. The molecule has 0 aliphatic heterocycles. The highest BCUT2D eigenvalue weighted by molar-refractivity contribution is 6.00. The van der Waals surface area contributed by atoms with Gasteiger partial charge < -0.3 is 15.7 Å². The molecule has 0 aliphatic rings. The fraction of sp³-hybridized carbons (Fsp3) is 0.429. The van der Waals surface area contributed by atoms with E-state index in [0.29, 0.717) is 13.0 Å². The first-order valence-electron chi connectivity index (χ1n) is 6.12. The molecule has 0 bridgehead atoms. The number of likely N-dealkylation sites (N-methyl/N-ethyl adjacent to an activating group) is 1. The van der Waals surface area contributed by atoms with Gasteiger partial charge in [0.05, 0.1) is 0 Å². The van der Waals surface area contributed by atoms with Gasteiger partial charge in [-0.05, 0) is 37.0 Å². The van der Waals surface area contributed by atoms with E-state index in [-0.39, 0.29) is 0 Å². The number of nitrogens with zero attached hydrogens (tertiary/aromatic N) is 1. The Balaban J connectivity index is 2.58. The lowest BCUT2D eigenvalue weighted by Gasteiger charge is -2.19. The third-order valence-electron chi connectivity index (χ3n) is 3.22. The number of hydrogen-bond donors (Lipinski definition) is 2. The standard InChI is InChI=1S/C14H20N2O3/c1-9-4-5-11(8-10(9)2)6-7-16(3)13(17)12(15)14(18)19/h4-5,8,12H,6-7,15H2,1-3H3,(H,18,19). The summed E-state index contributed by atoms with van der Waals surface area (Å²) in [7, 11) is 1.56. The lowest BCUT2D eigenvalue weighted by molar-refractivity contribution is -0.145. The monoisotopic (exact) mass is 264 g/mol. The maximum atomic E-state index is 11.6. The lowest BCUT2D eigenvalue weighted by atomic mass is 10.0. The molecular weight excluding hydrogens is 244 g/mol. The van der Waals surface area contributed by atoms with E-state index >= 15 is 0 Å². The van der Waals surface area contributed by atoms with E-state index in [4.69, 9.17) is 10.8 Å². The number of benzene rings is 1. The van der Waals surface area contributed by atoms with Crippen LogP contribution in [0.3, 0.4) is 0 Å². The van der Waals surface area contributed by atoms with Gasteiger partial charge in [0.25, 0.3) is 5.91 Å². The number of aryl methyl sites for hydroxylation is 2. The Bertz CT molecular complexity index is 486. The molecule has 1 unspecified atom stereocenters. The van der Waals surface area contributed by atoms with E-state index in [2.05, 4.69) is 6.07 Å². The zero-order valence-corrected chi connectivity index (χ0v) is 11.5. The summed E-state index contributed by atoms with van der Waals surface area (Å²) >= 11 is 0. The van der Waals surface area contributed by atoms with Gasteiger partial charge in [-0.1, -0.05) is 18.2 Å². The van der Waals surface area contributed by atoms with Crippen LogP contribution in [0.15, 0.2) is 18.2 Å². The van der Waals surface area contributed by atoms with Crippen molar-refractivity contribution in [3.8, 4) is 0 Å². The van der Waals surface area contributed by atoms with Crippen molar-refractivity contribution in [3.63, 3.8) is 0 Å². The summed E-state index contributed by atoms with van der Waals surface area (Å²) in [4.78, 5) is 23.6. The Morgan fingerprint density at radius 3 is 2.47 bits per heavy atom. The molecule has 5 heteroatoms. The second kappa shape index (κ2) is 6.33. The molecule has 0 saturated carbocycles. The van der Waals surface area contributed by atoms with E-state index in [1.165, 1.54) is 16.0 Å². The summed E-state index contributed by atoms with van der Waals surface area (Å²) in [6, 6.07) is 4.64. The van der Waals surface area contributed by atoms with Gasteiger partial charge in [0, 0.05) is 13.6 Å². The lowest BCUT2D eigenvalue weighted by Crippen LogP contribution is -2.47. The summed E-state index contributed by atoms with van der Waals surface area (Å²) in [5.41, 5.74) is 8.83. The van der Waals surface area contributed by atoms with Gasteiger partial charge in [-0.3, -0.25) is 4.79 Å². The third-order valence-corrected chi connectivity index (χ3v) is 3.22. The van der Waals surface area contributed by atoms with Crippen LogP contribution >= 0.6 is 0 Å². The average Bonchev–Trinajstić information content (AvgIpc) is 2.37. The van der Waals surface area contributed by atoms with E-state index in [1.54, 1.807) is 7.05 Å². The van der Waals surface area contributed by atoms with Crippen molar-refractivity contribution in [2.45, 2.75) is 26.3 Å².